The molecule has 1 amide bonds. The molecule has 2 aliphatic heterocycles. The number of aliphatic hydroxyl groups is 1. The summed E-state index contributed by atoms with van der Waals surface area (Å²) >= 11 is 0. The van der Waals surface area contributed by atoms with Crippen LogP contribution in [0, 0.1) is 5.92 Å². The van der Waals surface area contributed by atoms with E-state index in [-0.39, 0.29) is 5.91 Å². The Balaban J connectivity index is 1.50. The van der Waals surface area contributed by atoms with Gasteiger partial charge in [-0.05, 0) is 50.7 Å². The minimum Gasteiger partial charge on any atom is -0.401 e. The fraction of sp³-hybridized carbons (Fsp3) is 0.444. The highest BCUT2D eigenvalue weighted by molar-refractivity contribution is 5.97. The number of likely N-dealkylation sites (tertiary alicyclic amines) is 1. The molecule has 32 heavy (non-hydrogen) atoms. The molecule has 0 bridgehead atoms. The maximum atomic E-state index is 13.3. The van der Waals surface area contributed by atoms with E-state index in [1.807, 2.05) is 65.4 Å². The molecule has 1 aromatic carbocycles. The van der Waals surface area contributed by atoms with Crippen molar-refractivity contribution in [3.8, 4) is 0 Å². The Bertz CT molecular complexity index is 942. The van der Waals surface area contributed by atoms with E-state index in [9.17, 15) is 9.90 Å². The SMILES string of the molecule is C=C1C=CC(C(=O)N2CCC(O)(C3CCCCC3)CC2)=CN1/C(=C(/C)N)c1ccccc1. The largest absolute Gasteiger partial charge is 0.401 e. The molecule has 3 aliphatic rings. The standard InChI is InChI=1S/C27H35N3O2/c1-20-13-14-23(19-30(20)25(21(2)28)22-9-5-3-6-10-22)26(31)29-17-15-27(32,16-18-29)24-11-7-4-8-12-24/h3,5-6,9-10,13-14,19,24,32H,1,4,7-8,11-12,15-18,28H2,2H3/b25-21-. The van der Waals surface area contributed by atoms with Gasteiger partial charge in [-0.25, -0.2) is 0 Å². The number of nitrogens with zero attached hydrogens (tertiary/aromatic N) is 2. The van der Waals surface area contributed by atoms with Crippen molar-refractivity contribution in [1.29, 1.82) is 0 Å². The van der Waals surface area contributed by atoms with Gasteiger partial charge in [0.25, 0.3) is 5.91 Å². The Morgan fingerprint density at radius 1 is 1.09 bits per heavy atom. The van der Waals surface area contributed by atoms with Crippen molar-refractivity contribution >= 4 is 11.6 Å². The van der Waals surface area contributed by atoms with Crippen molar-refractivity contribution in [3.05, 3.63) is 77.8 Å². The summed E-state index contributed by atoms with van der Waals surface area (Å²) in [5.74, 6) is 0.374. The van der Waals surface area contributed by atoms with Gasteiger partial charge in [-0.1, -0.05) is 56.2 Å². The molecule has 5 heteroatoms. The summed E-state index contributed by atoms with van der Waals surface area (Å²) in [7, 11) is 0. The molecule has 1 aromatic rings. The maximum Gasteiger partial charge on any atom is 0.255 e. The quantitative estimate of drug-likeness (QED) is 0.732. The van der Waals surface area contributed by atoms with Crippen LogP contribution in [0.2, 0.25) is 0 Å². The summed E-state index contributed by atoms with van der Waals surface area (Å²) < 4.78 is 0. The molecule has 4 rings (SSSR count). The number of hydrogen-bond donors (Lipinski definition) is 2. The van der Waals surface area contributed by atoms with Crippen LogP contribution in [0.5, 0.6) is 0 Å². The normalized spacial score (nSPS) is 22.4. The summed E-state index contributed by atoms with van der Waals surface area (Å²) in [6.45, 7) is 7.19. The first-order chi connectivity index (χ1) is 15.4. The third-order valence-corrected chi connectivity index (χ3v) is 7.22. The van der Waals surface area contributed by atoms with Crippen molar-refractivity contribution in [1.82, 2.24) is 9.80 Å². The number of allylic oxidation sites excluding steroid dienone is 2. The number of amides is 1. The average Bonchev–Trinajstić information content (AvgIpc) is 2.81. The first kappa shape index (κ1) is 22.4. The van der Waals surface area contributed by atoms with Gasteiger partial charge in [-0.3, -0.25) is 4.79 Å². The second-order valence-electron chi connectivity index (χ2n) is 9.41. The molecule has 0 radical (unpaired) electrons. The van der Waals surface area contributed by atoms with Crippen molar-refractivity contribution in [2.24, 2.45) is 11.7 Å². The van der Waals surface area contributed by atoms with Crippen LogP contribution in [0.4, 0.5) is 0 Å². The molecule has 5 nitrogen and oxygen atoms in total. The van der Waals surface area contributed by atoms with Crippen LogP contribution in [0.15, 0.2) is 72.2 Å². The zero-order chi connectivity index (χ0) is 22.7. The predicted molar refractivity (Wildman–Crippen MR) is 129 cm³/mol. The molecule has 2 heterocycles. The number of rotatable bonds is 4. The van der Waals surface area contributed by atoms with E-state index >= 15 is 0 Å². The van der Waals surface area contributed by atoms with E-state index in [2.05, 4.69) is 6.58 Å². The molecule has 0 unspecified atom stereocenters. The zero-order valence-electron chi connectivity index (χ0n) is 19.1. The van der Waals surface area contributed by atoms with Gasteiger partial charge in [0.1, 0.15) is 0 Å². The van der Waals surface area contributed by atoms with E-state index < -0.39 is 5.60 Å². The number of benzene rings is 1. The predicted octanol–water partition coefficient (Wildman–Crippen LogP) is 4.54. The van der Waals surface area contributed by atoms with Gasteiger partial charge in [0, 0.05) is 36.2 Å². The fourth-order valence-electron chi connectivity index (χ4n) is 5.35. The number of nitrogens with two attached hydrogens (primary N) is 1. The van der Waals surface area contributed by atoms with Crippen LogP contribution in [-0.4, -0.2) is 39.5 Å². The molecular formula is C27H35N3O2. The Labute approximate surface area is 191 Å². The van der Waals surface area contributed by atoms with Crippen molar-refractivity contribution in [2.75, 3.05) is 13.1 Å². The number of carbonyl (C=O) groups excluding carboxylic acids is 1. The minimum atomic E-state index is -0.617. The van der Waals surface area contributed by atoms with Gasteiger partial charge >= 0.3 is 0 Å². The van der Waals surface area contributed by atoms with Crippen LogP contribution < -0.4 is 5.73 Å². The zero-order valence-corrected chi connectivity index (χ0v) is 19.1. The summed E-state index contributed by atoms with van der Waals surface area (Å²) in [5, 5.41) is 11.2. The molecule has 1 aliphatic carbocycles. The van der Waals surface area contributed by atoms with Crippen LogP contribution in [0.3, 0.4) is 0 Å². The molecule has 3 N–H and O–H groups in total. The summed E-state index contributed by atoms with van der Waals surface area (Å²) in [6, 6.07) is 9.91. The second-order valence-corrected chi connectivity index (χ2v) is 9.41. The average molecular weight is 434 g/mol. The molecule has 2 fully saturated rings. The lowest BCUT2D eigenvalue weighted by Crippen LogP contribution is -2.51. The fourth-order valence-corrected chi connectivity index (χ4v) is 5.35. The first-order valence-electron chi connectivity index (χ1n) is 11.8. The van der Waals surface area contributed by atoms with E-state index in [1.165, 1.54) is 19.3 Å². The molecular weight excluding hydrogens is 398 g/mol. The van der Waals surface area contributed by atoms with Gasteiger partial charge in [0.05, 0.1) is 16.9 Å². The monoisotopic (exact) mass is 433 g/mol. The Kier molecular flexibility index (Phi) is 6.56. The highest BCUT2D eigenvalue weighted by Crippen LogP contribution is 2.39. The van der Waals surface area contributed by atoms with Gasteiger partial charge in [-0.2, -0.15) is 0 Å². The summed E-state index contributed by atoms with van der Waals surface area (Å²) in [6.07, 6.45) is 12.8. The Morgan fingerprint density at radius 2 is 1.75 bits per heavy atom. The molecule has 1 saturated carbocycles. The lowest BCUT2D eigenvalue weighted by atomic mass is 9.72. The minimum absolute atomic E-state index is 0.00784. The van der Waals surface area contributed by atoms with Crippen LogP contribution in [0.1, 0.15) is 57.4 Å². The van der Waals surface area contributed by atoms with Crippen molar-refractivity contribution in [3.63, 3.8) is 0 Å². The van der Waals surface area contributed by atoms with Crippen LogP contribution in [-0.2, 0) is 4.79 Å². The van der Waals surface area contributed by atoms with Gasteiger partial charge in [0.2, 0.25) is 0 Å². The lowest BCUT2D eigenvalue weighted by molar-refractivity contribution is -0.134. The van der Waals surface area contributed by atoms with E-state index in [1.54, 1.807) is 0 Å². The topological polar surface area (TPSA) is 69.8 Å². The molecule has 0 atom stereocenters. The molecule has 0 spiro atoms. The Morgan fingerprint density at radius 3 is 2.38 bits per heavy atom. The van der Waals surface area contributed by atoms with E-state index in [0.717, 1.165) is 29.8 Å². The number of carbonyl (C=O) groups is 1. The van der Waals surface area contributed by atoms with Gasteiger partial charge in [0.15, 0.2) is 0 Å². The summed E-state index contributed by atoms with van der Waals surface area (Å²) in [4.78, 5) is 17.1. The van der Waals surface area contributed by atoms with Crippen LogP contribution >= 0.6 is 0 Å². The van der Waals surface area contributed by atoms with Crippen LogP contribution in [0.25, 0.3) is 5.70 Å². The third-order valence-electron chi connectivity index (χ3n) is 7.22. The highest BCUT2D eigenvalue weighted by Gasteiger charge is 2.41. The summed E-state index contributed by atoms with van der Waals surface area (Å²) in [5.41, 5.74) is 9.46. The smallest absolute Gasteiger partial charge is 0.255 e. The Hall–Kier alpha value is -2.79. The lowest BCUT2D eigenvalue weighted by Gasteiger charge is -2.44. The molecule has 0 aromatic heterocycles. The first-order valence-corrected chi connectivity index (χ1v) is 11.8. The van der Waals surface area contributed by atoms with Gasteiger partial charge < -0.3 is 20.6 Å². The number of piperidine rings is 1. The van der Waals surface area contributed by atoms with Crippen molar-refractivity contribution < 1.29 is 9.90 Å². The third kappa shape index (κ3) is 4.53. The molecule has 1 saturated heterocycles. The highest BCUT2D eigenvalue weighted by atomic mass is 16.3. The second kappa shape index (κ2) is 9.37. The van der Waals surface area contributed by atoms with Gasteiger partial charge in [-0.15, -0.1) is 0 Å². The molecule has 170 valence electrons. The number of hydrogen-bond acceptors (Lipinski definition) is 4. The van der Waals surface area contributed by atoms with E-state index in [0.29, 0.717) is 43.1 Å². The van der Waals surface area contributed by atoms with E-state index in [4.69, 9.17) is 5.73 Å². The van der Waals surface area contributed by atoms with Crippen molar-refractivity contribution in [2.45, 2.75) is 57.5 Å². The maximum absolute atomic E-state index is 13.3.